The van der Waals surface area contributed by atoms with Crippen molar-refractivity contribution in [2.24, 2.45) is 0 Å². The van der Waals surface area contributed by atoms with Gasteiger partial charge in [-0.25, -0.2) is 4.39 Å². The number of halogens is 1. The molecule has 3 rings (SSSR count). The predicted molar refractivity (Wildman–Crippen MR) is 109 cm³/mol. The van der Waals surface area contributed by atoms with E-state index in [0.717, 1.165) is 16.7 Å². The molecule has 2 aromatic rings. The van der Waals surface area contributed by atoms with E-state index >= 15 is 0 Å². The first-order chi connectivity index (χ1) is 14.0. The lowest BCUT2D eigenvalue weighted by Crippen LogP contribution is -2.41. The lowest BCUT2D eigenvalue weighted by molar-refractivity contribution is -0.128. The second-order valence-corrected chi connectivity index (χ2v) is 7.21. The van der Waals surface area contributed by atoms with E-state index in [1.54, 1.807) is 43.3 Å². The third kappa shape index (κ3) is 5.23. The number of amides is 3. The van der Waals surface area contributed by atoms with Gasteiger partial charge in [0.05, 0.1) is 4.91 Å². The Morgan fingerprint density at radius 3 is 2.59 bits per heavy atom. The maximum Gasteiger partial charge on any atom is 0.293 e. The highest BCUT2D eigenvalue weighted by Crippen LogP contribution is 2.32. The summed E-state index contributed by atoms with van der Waals surface area (Å²) in [5.74, 6) is -0.771. The molecule has 1 fully saturated rings. The van der Waals surface area contributed by atoms with Crippen LogP contribution < -0.4 is 10.1 Å². The molecule has 150 valence electrons. The summed E-state index contributed by atoms with van der Waals surface area (Å²) in [6.07, 6.45) is 0.627. The minimum atomic E-state index is -0.728. The molecule has 0 radical (unpaired) electrons. The van der Waals surface area contributed by atoms with Crippen LogP contribution in [0.5, 0.6) is 5.75 Å². The number of nitrogens with zero attached hydrogens (tertiary/aromatic N) is 1. The minimum Gasteiger partial charge on any atom is -0.481 e. The van der Waals surface area contributed by atoms with E-state index in [9.17, 15) is 18.8 Å². The molecule has 6 nitrogen and oxygen atoms in total. The molecule has 0 unspecified atom stereocenters. The van der Waals surface area contributed by atoms with Gasteiger partial charge >= 0.3 is 0 Å². The predicted octanol–water partition coefficient (Wildman–Crippen LogP) is 3.45. The number of para-hydroxylation sites is 1. The normalized spacial score (nSPS) is 16.2. The molecule has 0 saturated carbocycles. The van der Waals surface area contributed by atoms with Gasteiger partial charge < -0.3 is 10.1 Å². The van der Waals surface area contributed by atoms with E-state index in [4.69, 9.17) is 4.74 Å². The van der Waals surface area contributed by atoms with E-state index in [1.807, 2.05) is 6.07 Å². The van der Waals surface area contributed by atoms with Gasteiger partial charge in [0.2, 0.25) is 0 Å². The van der Waals surface area contributed by atoms with E-state index < -0.39 is 23.1 Å². The minimum absolute atomic E-state index is 0.0169. The molecular formula is C21H19FN2O4S. The van der Waals surface area contributed by atoms with Crippen molar-refractivity contribution in [1.82, 2.24) is 10.2 Å². The van der Waals surface area contributed by atoms with E-state index in [1.165, 1.54) is 18.2 Å². The molecule has 3 amide bonds. The molecule has 0 bridgehead atoms. The number of hydrogen-bond acceptors (Lipinski definition) is 5. The SMILES string of the molecule is C[C@@H](Oc1ccccc1)C(=O)NCCN1C(=O)S/C(=C\c2ccccc2F)C1=O. The van der Waals surface area contributed by atoms with Crippen molar-refractivity contribution in [2.45, 2.75) is 13.0 Å². The molecule has 1 aliphatic rings. The molecule has 1 saturated heterocycles. The van der Waals surface area contributed by atoms with Crippen LogP contribution in [0.25, 0.3) is 6.08 Å². The molecule has 0 aliphatic carbocycles. The highest BCUT2D eigenvalue weighted by Gasteiger charge is 2.34. The topological polar surface area (TPSA) is 75.7 Å². The molecule has 1 N–H and O–H groups in total. The molecule has 29 heavy (non-hydrogen) atoms. The van der Waals surface area contributed by atoms with Crippen LogP contribution in [0.1, 0.15) is 12.5 Å². The van der Waals surface area contributed by atoms with E-state index in [0.29, 0.717) is 5.75 Å². The van der Waals surface area contributed by atoms with Crippen LogP contribution in [-0.4, -0.2) is 41.1 Å². The van der Waals surface area contributed by atoms with Crippen LogP contribution in [-0.2, 0) is 9.59 Å². The number of carbonyl (C=O) groups excluding carboxylic acids is 3. The van der Waals surface area contributed by atoms with Gasteiger partial charge in [0.1, 0.15) is 11.6 Å². The number of ether oxygens (including phenoxy) is 1. The number of benzene rings is 2. The van der Waals surface area contributed by atoms with Gasteiger partial charge in [-0.3, -0.25) is 19.3 Å². The third-order valence-corrected chi connectivity index (χ3v) is 5.03. The van der Waals surface area contributed by atoms with Gasteiger partial charge in [-0.15, -0.1) is 0 Å². The van der Waals surface area contributed by atoms with Crippen molar-refractivity contribution in [2.75, 3.05) is 13.1 Å². The summed E-state index contributed by atoms with van der Waals surface area (Å²) in [5, 5.41) is 2.19. The maximum atomic E-state index is 13.8. The highest BCUT2D eigenvalue weighted by molar-refractivity contribution is 8.18. The van der Waals surface area contributed by atoms with Crippen LogP contribution in [0, 0.1) is 5.82 Å². The Kier molecular flexibility index (Phi) is 6.66. The standard InChI is InChI=1S/C21H19FN2O4S/c1-14(28-16-8-3-2-4-9-16)19(25)23-11-12-24-20(26)18(29-21(24)27)13-15-7-5-6-10-17(15)22/h2-10,13-14H,11-12H2,1H3,(H,23,25)/b18-13-/t14-/m1/s1. The number of imide groups is 1. The van der Waals surface area contributed by atoms with Crippen LogP contribution in [0.2, 0.25) is 0 Å². The third-order valence-electron chi connectivity index (χ3n) is 4.13. The van der Waals surface area contributed by atoms with E-state index in [-0.39, 0.29) is 29.5 Å². The first kappa shape index (κ1) is 20.6. The smallest absolute Gasteiger partial charge is 0.293 e. The zero-order valence-electron chi connectivity index (χ0n) is 15.6. The van der Waals surface area contributed by atoms with Crippen molar-refractivity contribution in [3.8, 4) is 5.75 Å². The Hall–Kier alpha value is -3.13. The fraction of sp³-hybridized carbons (Fsp3) is 0.190. The molecule has 8 heteroatoms. The molecular weight excluding hydrogens is 395 g/mol. The fourth-order valence-electron chi connectivity index (χ4n) is 2.62. The Labute approximate surface area is 171 Å². The fourth-order valence-corrected chi connectivity index (χ4v) is 3.47. The van der Waals surface area contributed by atoms with Crippen molar-refractivity contribution in [3.63, 3.8) is 0 Å². The van der Waals surface area contributed by atoms with Gasteiger partial charge in [-0.2, -0.15) is 0 Å². The summed E-state index contributed by atoms with van der Waals surface area (Å²) in [6, 6.07) is 14.9. The molecule has 1 heterocycles. The number of thioether (sulfide) groups is 1. The molecule has 0 spiro atoms. The summed E-state index contributed by atoms with van der Waals surface area (Å²) in [6.45, 7) is 1.72. The zero-order chi connectivity index (χ0) is 20.8. The second-order valence-electron chi connectivity index (χ2n) is 6.22. The monoisotopic (exact) mass is 414 g/mol. The van der Waals surface area contributed by atoms with Crippen molar-refractivity contribution < 1.29 is 23.5 Å². The van der Waals surface area contributed by atoms with Crippen LogP contribution in [0.4, 0.5) is 9.18 Å². The lowest BCUT2D eigenvalue weighted by atomic mass is 10.2. The zero-order valence-corrected chi connectivity index (χ0v) is 16.4. The lowest BCUT2D eigenvalue weighted by Gasteiger charge is -2.16. The largest absolute Gasteiger partial charge is 0.481 e. The van der Waals surface area contributed by atoms with Crippen molar-refractivity contribution >= 4 is 34.9 Å². The van der Waals surface area contributed by atoms with Crippen LogP contribution in [0.3, 0.4) is 0 Å². The van der Waals surface area contributed by atoms with Gasteiger partial charge in [0, 0.05) is 18.7 Å². The number of carbonyl (C=O) groups is 3. The average molecular weight is 414 g/mol. The molecule has 2 aromatic carbocycles. The maximum absolute atomic E-state index is 13.8. The first-order valence-corrected chi connectivity index (χ1v) is 9.76. The second kappa shape index (κ2) is 9.38. The van der Waals surface area contributed by atoms with Gasteiger partial charge in [-0.05, 0) is 43.0 Å². The molecule has 1 aliphatic heterocycles. The number of rotatable bonds is 7. The summed E-state index contributed by atoms with van der Waals surface area (Å²) in [7, 11) is 0. The quantitative estimate of drug-likeness (QED) is 0.703. The van der Waals surface area contributed by atoms with Crippen LogP contribution >= 0.6 is 11.8 Å². The van der Waals surface area contributed by atoms with Crippen molar-refractivity contribution in [1.29, 1.82) is 0 Å². The summed E-state index contributed by atoms with van der Waals surface area (Å²) in [4.78, 5) is 37.9. The van der Waals surface area contributed by atoms with Gasteiger partial charge in [0.25, 0.3) is 17.1 Å². The van der Waals surface area contributed by atoms with E-state index in [2.05, 4.69) is 5.32 Å². The number of nitrogens with one attached hydrogen (secondary N) is 1. The highest BCUT2D eigenvalue weighted by atomic mass is 32.2. The summed E-state index contributed by atoms with van der Waals surface area (Å²) < 4.78 is 19.3. The Morgan fingerprint density at radius 1 is 1.17 bits per heavy atom. The molecule has 0 aromatic heterocycles. The molecule has 1 atom stereocenters. The summed E-state index contributed by atoms with van der Waals surface area (Å²) in [5.41, 5.74) is 0.234. The Bertz CT molecular complexity index is 949. The first-order valence-electron chi connectivity index (χ1n) is 8.95. The summed E-state index contributed by atoms with van der Waals surface area (Å²) >= 11 is 0.747. The van der Waals surface area contributed by atoms with Gasteiger partial charge in [0.15, 0.2) is 6.10 Å². The average Bonchev–Trinajstić information content (AvgIpc) is 2.97. The van der Waals surface area contributed by atoms with Crippen molar-refractivity contribution in [3.05, 3.63) is 70.9 Å². The van der Waals surface area contributed by atoms with Gasteiger partial charge in [-0.1, -0.05) is 36.4 Å². The Morgan fingerprint density at radius 2 is 1.86 bits per heavy atom. The Balaban J connectivity index is 1.53. The van der Waals surface area contributed by atoms with Crippen LogP contribution in [0.15, 0.2) is 59.5 Å². The number of hydrogen-bond donors (Lipinski definition) is 1.